The van der Waals surface area contributed by atoms with Crippen LogP contribution in [0.25, 0.3) is 11.3 Å². The molecule has 0 amide bonds. The summed E-state index contributed by atoms with van der Waals surface area (Å²) in [6, 6.07) is 11.2. The fourth-order valence-electron chi connectivity index (χ4n) is 2.77. The van der Waals surface area contributed by atoms with Crippen molar-refractivity contribution in [1.82, 2.24) is 4.57 Å². The molecule has 0 unspecified atom stereocenters. The average molecular weight is 438 g/mol. The molecular weight excluding hydrogens is 418 g/mol. The van der Waals surface area contributed by atoms with Gasteiger partial charge < -0.3 is 14.3 Å². The molecule has 2 aromatic heterocycles. The molecule has 1 N–H and O–H groups in total. The minimum absolute atomic E-state index is 0.128. The fraction of sp³-hybridized carbons (Fsp3) is 0.300. The van der Waals surface area contributed by atoms with Gasteiger partial charge in [0.2, 0.25) is 5.88 Å². The predicted molar refractivity (Wildman–Crippen MR) is 113 cm³/mol. The Morgan fingerprint density at radius 1 is 1.29 bits per heavy atom. The third-order valence-electron chi connectivity index (χ3n) is 4.13. The predicted octanol–water partition coefficient (Wildman–Crippen LogP) is 5.83. The summed E-state index contributed by atoms with van der Waals surface area (Å²) in [6.07, 6.45) is 1.29. The highest BCUT2D eigenvalue weighted by molar-refractivity contribution is 7.73. The van der Waals surface area contributed by atoms with Crippen molar-refractivity contribution < 1.29 is 19.1 Å². The number of furan rings is 1. The Morgan fingerprint density at radius 2 is 2.04 bits per heavy atom. The molecule has 0 saturated carbocycles. The zero-order chi connectivity index (χ0) is 20.1. The molecule has 0 fully saturated rings. The van der Waals surface area contributed by atoms with Gasteiger partial charge in [-0.05, 0) is 62.0 Å². The lowest BCUT2D eigenvalue weighted by molar-refractivity contribution is -0.143. The Bertz CT molecular complexity index is 1000. The molecule has 0 radical (unpaired) electrons. The van der Waals surface area contributed by atoms with E-state index in [4.69, 9.17) is 33.0 Å². The summed E-state index contributed by atoms with van der Waals surface area (Å²) in [4.78, 5) is 12.2. The first-order chi connectivity index (χ1) is 13.5. The van der Waals surface area contributed by atoms with Crippen molar-refractivity contribution in [3.8, 4) is 17.2 Å². The van der Waals surface area contributed by atoms with Crippen LogP contribution in [-0.2, 0) is 22.5 Å². The number of nitrogens with zero attached hydrogens (tertiary/aromatic N) is 1. The topological polar surface area (TPSA) is 64.6 Å². The van der Waals surface area contributed by atoms with Gasteiger partial charge in [0, 0.05) is 30.0 Å². The highest BCUT2D eigenvalue weighted by atomic mass is 35.5. The number of aromatic nitrogens is 1. The summed E-state index contributed by atoms with van der Waals surface area (Å²) in [7, 11) is 0. The van der Waals surface area contributed by atoms with Crippen LogP contribution < -0.4 is 0 Å². The maximum atomic E-state index is 11.5. The zero-order valence-electron chi connectivity index (χ0n) is 15.3. The van der Waals surface area contributed by atoms with E-state index in [1.165, 1.54) is 11.3 Å². The van der Waals surface area contributed by atoms with Crippen molar-refractivity contribution in [2.45, 2.75) is 32.7 Å². The fourth-order valence-corrected chi connectivity index (χ4v) is 4.29. The van der Waals surface area contributed by atoms with Gasteiger partial charge in [-0.2, -0.15) is 0 Å². The number of benzene rings is 1. The van der Waals surface area contributed by atoms with E-state index < -0.39 is 0 Å². The number of thiazole rings is 1. The van der Waals surface area contributed by atoms with Crippen LogP contribution in [0.1, 0.15) is 30.4 Å². The number of ether oxygens (including phenoxy) is 1. The standard InChI is InChI=1S/C20H20ClNO4S2/c1-2-25-18(23)4-3-11-22-19(24)17(28-20(22)27)12-15-9-10-16(26-15)13-5-7-14(21)8-6-13/h5-10,24H,2-4,11-12H2,1H3. The van der Waals surface area contributed by atoms with Crippen LogP contribution >= 0.6 is 35.2 Å². The number of aromatic hydroxyl groups is 1. The first-order valence-electron chi connectivity index (χ1n) is 8.89. The molecule has 3 aromatic rings. The Morgan fingerprint density at radius 3 is 2.75 bits per heavy atom. The molecule has 28 heavy (non-hydrogen) atoms. The van der Waals surface area contributed by atoms with Gasteiger partial charge in [0.1, 0.15) is 11.5 Å². The molecule has 0 aliphatic carbocycles. The highest BCUT2D eigenvalue weighted by Gasteiger charge is 2.15. The highest BCUT2D eigenvalue weighted by Crippen LogP contribution is 2.31. The van der Waals surface area contributed by atoms with Gasteiger partial charge in [-0.3, -0.25) is 9.36 Å². The lowest BCUT2D eigenvalue weighted by Gasteiger charge is -2.05. The van der Waals surface area contributed by atoms with Crippen molar-refractivity contribution in [3.63, 3.8) is 0 Å². The lowest BCUT2D eigenvalue weighted by atomic mass is 10.2. The first kappa shape index (κ1) is 20.6. The summed E-state index contributed by atoms with van der Waals surface area (Å²) in [5, 5.41) is 11.2. The van der Waals surface area contributed by atoms with Crippen LogP contribution in [0.3, 0.4) is 0 Å². The second-order valence-corrected chi connectivity index (χ2v) is 8.29. The summed E-state index contributed by atoms with van der Waals surface area (Å²) < 4.78 is 13.0. The molecule has 0 saturated heterocycles. The van der Waals surface area contributed by atoms with Crippen LogP contribution in [0.4, 0.5) is 0 Å². The Kier molecular flexibility index (Phi) is 6.93. The molecule has 0 aliphatic rings. The number of hydrogen-bond acceptors (Lipinski definition) is 6. The third-order valence-corrected chi connectivity index (χ3v) is 5.82. The smallest absolute Gasteiger partial charge is 0.305 e. The third kappa shape index (κ3) is 5.04. The maximum Gasteiger partial charge on any atom is 0.305 e. The molecule has 0 atom stereocenters. The molecular formula is C20H20ClNO4S2. The van der Waals surface area contributed by atoms with Crippen molar-refractivity contribution in [1.29, 1.82) is 0 Å². The van der Waals surface area contributed by atoms with E-state index in [9.17, 15) is 9.90 Å². The van der Waals surface area contributed by atoms with Crippen LogP contribution in [0.5, 0.6) is 5.88 Å². The molecule has 8 heteroatoms. The summed E-state index contributed by atoms with van der Waals surface area (Å²) in [5.41, 5.74) is 0.934. The number of hydrogen-bond donors (Lipinski definition) is 1. The van der Waals surface area contributed by atoms with Gasteiger partial charge in [0.05, 0.1) is 11.5 Å². The van der Waals surface area contributed by atoms with Crippen LogP contribution in [0, 0.1) is 3.95 Å². The zero-order valence-corrected chi connectivity index (χ0v) is 17.7. The molecule has 3 rings (SSSR count). The van der Waals surface area contributed by atoms with Crippen molar-refractivity contribution in [2.75, 3.05) is 6.61 Å². The average Bonchev–Trinajstić information content (AvgIpc) is 3.23. The van der Waals surface area contributed by atoms with Crippen molar-refractivity contribution >= 4 is 41.1 Å². The molecule has 0 bridgehead atoms. The summed E-state index contributed by atoms with van der Waals surface area (Å²) >= 11 is 12.6. The van der Waals surface area contributed by atoms with Crippen LogP contribution in [-0.4, -0.2) is 22.2 Å². The quantitative estimate of drug-likeness (QED) is 0.354. The minimum atomic E-state index is -0.241. The summed E-state index contributed by atoms with van der Waals surface area (Å²) in [6.45, 7) is 2.61. The van der Waals surface area contributed by atoms with Gasteiger partial charge in [-0.1, -0.05) is 11.6 Å². The van der Waals surface area contributed by atoms with E-state index in [0.717, 1.165) is 22.0 Å². The van der Waals surface area contributed by atoms with E-state index in [1.807, 2.05) is 36.4 Å². The van der Waals surface area contributed by atoms with Gasteiger partial charge >= 0.3 is 5.97 Å². The van der Waals surface area contributed by atoms with Gasteiger partial charge in [-0.15, -0.1) is 11.3 Å². The van der Waals surface area contributed by atoms with E-state index in [1.54, 1.807) is 11.5 Å². The molecule has 5 nitrogen and oxygen atoms in total. The van der Waals surface area contributed by atoms with E-state index >= 15 is 0 Å². The Labute approximate surface area is 177 Å². The van der Waals surface area contributed by atoms with Crippen LogP contribution in [0.15, 0.2) is 40.8 Å². The normalized spacial score (nSPS) is 10.9. The number of carbonyl (C=O) groups is 1. The SMILES string of the molecule is CCOC(=O)CCCn1c(O)c(Cc2ccc(-c3ccc(Cl)cc3)o2)sc1=S. The van der Waals surface area contributed by atoms with Gasteiger partial charge in [0.25, 0.3) is 0 Å². The van der Waals surface area contributed by atoms with E-state index in [0.29, 0.717) is 41.4 Å². The molecule has 1 aromatic carbocycles. The Hall–Kier alpha value is -2.09. The number of halogens is 1. The Balaban J connectivity index is 1.67. The van der Waals surface area contributed by atoms with E-state index in [-0.39, 0.29) is 11.8 Å². The lowest BCUT2D eigenvalue weighted by Crippen LogP contribution is -2.06. The molecule has 2 heterocycles. The maximum absolute atomic E-state index is 11.5. The molecule has 148 valence electrons. The molecule has 0 spiro atoms. The summed E-state index contributed by atoms with van der Waals surface area (Å²) in [5.74, 6) is 1.36. The van der Waals surface area contributed by atoms with Crippen LogP contribution in [0.2, 0.25) is 5.02 Å². The van der Waals surface area contributed by atoms with Gasteiger partial charge in [-0.25, -0.2) is 0 Å². The number of esters is 1. The van der Waals surface area contributed by atoms with Crippen molar-refractivity contribution in [2.24, 2.45) is 0 Å². The second-order valence-electron chi connectivity index (χ2n) is 6.12. The van der Waals surface area contributed by atoms with Gasteiger partial charge in [0.15, 0.2) is 3.95 Å². The monoisotopic (exact) mass is 437 g/mol. The minimum Gasteiger partial charge on any atom is -0.494 e. The van der Waals surface area contributed by atoms with E-state index in [2.05, 4.69) is 0 Å². The number of rotatable bonds is 8. The second kappa shape index (κ2) is 9.41. The molecule has 0 aliphatic heterocycles. The largest absolute Gasteiger partial charge is 0.494 e. The van der Waals surface area contributed by atoms with Crippen molar-refractivity contribution in [3.05, 3.63) is 56.0 Å². The first-order valence-corrected chi connectivity index (χ1v) is 10.5. The number of carbonyl (C=O) groups excluding carboxylic acids is 1.